The van der Waals surface area contributed by atoms with E-state index in [1.54, 1.807) is 20.8 Å². The number of esters is 2. The van der Waals surface area contributed by atoms with E-state index in [4.69, 9.17) is 18.9 Å². The Morgan fingerprint density at radius 1 is 1.07 bits per heavy atom. The van der Waals surface area contributed by atoms with Gasteiger partial charge in [-0.25, -0.2) is 4.79 Å². The summed E-state index contributed by atoms with van der Waals surface area (Å²) < 4.78 is 23.1. The van der Waals surface area contributed by atoms with Crippen molar-refractivity contribution in [1.29, 1.82) is 0 Å². The number of ether oxygens (including phenoxy) is 4. The van der Waals surface area contributed by atoms with Crippen LogP contribution in [-0.2, 0) is 28.5 Å². The Morgan fingerprint density at radius 3 is 2.30 bits per heavy atom. The molecule has 5 aliphatic rings. The highest BCUT2D eigenvalue weighted by Gasteiger charge is 2.59. The number of aliphatic hydroxyl groups is 1. The number of carbonyl (C=O) groups excluding carboxylic acids is 2. The van der Waals surface area contributed by atoms with E-state index >= 15 is 0 Å². The van der Waals surface area contributed by atoms with Crippen LogP contribution < -0.4 is 0 Å². The van der Waals surface area contributed by atoms with Crippen LogP contribution in [0.15, 0.2) is 12.2 Å². The first-order valence-corrected chi connectivity index (χ1v) is 11.1. The molecule has 0 aromatic carbocycles. The Morgan fingerprint density at radius 2 is 1.70 bits per heavy atom. The average Bonchev–Trinajstić information content (AvgIpc) is 2.55. The van der Waals surface area contributed by atoms with Crippen molar-refractivity contribution in [3.63, 3.8) is 0 Å². The molecule has 0 spiro atoms. The van der Waals surface area contributed by atoms with Crippen molar-refractivity contribution in [3.8, 4) is 0 Å². The lowest BCUT2D eigenvalue weighted by Crippen LogP contribution is -2.60. The fourth-order valence-corrected chi connectivity index (χ4v) is 6.46. The van der Waals surface area contributed by atoms with Gasteiger partial charge in [-0.05, 0) is 64.7 Å². The van der Waals surface area contributed by atoms with Crippen molar-refractivity contribution in [3.05, 3.63) is 12.2 Å². The predicted molar refractivity (Wildman–Crippen MR) is 107 cm³/mol. The molecule has 1 heterocycles. The lowest BCUT2D eigenvalue weighted by molar-refractivity contribution is -0.305. The quantitative estimate of drug-likeness (QED) is 0.520. The van der Waals surface area contributed by atoms with Gasteiger partial charge < -0.3 is 24.1 Å². The second-order valence-electron chi connectivity index (χ2n) is 10.5. The summed E-state index contributed by atoms with van der Waals surface area (Å²) >= 11 is 0. The number of rotatable bonds is 6. The van der Waals surface area contributed by atoms with Crippen molar-refractivity contribution in [2.75, 3.05) is 6.61 Å². The zero-order valence-corrected chi connectivity index (χ0v) is 18.3. The zero-order valence-electron chi connectivity index (χ0n) is 18.3. The molecule has 7 nitrogen and oxygen atoms in total. The van der Waals surface area contributed by atoms with Crippen LogP contribution in [0.5, 0.6) is 0 Å². The highest BCUT2D eigenvalue weighted by Crippen LogP contribution is 2.58. The number of carbonyl (C=O) groups is 2. The molecule has 1 N–H and O–H groups in total. The third kappa shape index (κ3) is 4.73. The fourth-order valence-electron chi connectivity index (χ4n) is 6.46. The van der Waals surface area contributed by atoms with E-state index in [0.717, 1.165) is 32.1 Å². The fraction of sp³-hybridized carbons (Fsp3) is 0.826. The molecule has 168 valence electrons. The summed E-state index contributed by atoms with van der Waals surface area (Å²) in [7, 11) is 0. The van der Waals surface area contributed by atoms with Crippen LogP contribution in [-0.4, -0.2) is 52.8 Å². The summed E-state index contributed by atoms with van der Waals surface area (Å²) in [5.74, 6) is -0.733. The number of hydrogen-bond acceptors (Lipinski definition) is 7. The lowest BCUT2D eigenvalue weighted by atomic mass is 9.52. The molecule has 4 unspecified atom stereocenters. The summed E-state index contributed by atoms with van der Waals surface area (Å²) in [6.07, 6.45) is 4.89. The minimum atomic E-state index is -0.890. The van der Waals surface area contributed by atoms with E-state index in [1.165, 1.54) is 0 Å². The Kier molecular flexibility index (Phi) is 5.52. The third-order valence-corrected chi connectivity index (χ3v) is 6.88. The van der Waals surface area contributed by atoms with Gasteiger partial charge in [-0.15, -0.1) is 0 Å². The van der Waals surface area contributed by atoms with Crippen LogP contribution >= 0.6 is 0 Å². The Balaban J connectivity index is 1.34. The topological polar surface area (TPSA) is 91.3 Å². The maximum Gasteiger partial charge on any atom is 0.333 e. The molecule has 5 fully saturated rings. The second-order valence-corrected chi connectivity index (χ2v) is 10.5. The van der Waals surface area contributed by atoms with E-state index in [9.17, 15) is 14.7 Å². The highest BCUT2D eigenvalue weighted by molar-refractivity contribution is 5.86. The van der Waals surface area contributed by atoms with Gasteiger partial charge in [-0.3, -0.25) is 4.79 Å². The monoisotopic (exact) mass is 422 g/mol. The molecule has 4 bridgehead atoms. The van der Waals surface area contributed by atoms with Crippen molar-refractivity contribution >= 4 is 11.9 Å². The standard InChI is InChI=1S/C23H34O7/c1-14(2)20(25)27-12-18-6-17(28-21(3,4)29-18)7-19(24)30-23-10-15-5-16(11-23)9-22(26,8-15)13-23/h15-18,26H,1,5-13H2,2-4H3. The molecule has 4 aliphatic carbocycles. The lowest BCUT2D eigenvalue weighted by Gasteiger charge is -2.59. The van der Waals surface area contributed by atoms with Crippen molar-refractivity contribution in [2.24, 2.45) is 11.8 Å². The molecule has 1 aliphatic heterocycles. The minimum Gasteiger partial charge on any atom is -0.460 e. The summed E-state index contributed by atoms with van der Waals surface area (Å²) in [6, 6.07) is 0. The molecule has 5 rings (SSSR count). The van der Waals surface area contributed by atoms with Gasteiger partial charge in [0, 0.05) is 18.4 Å². The Hall–Kier alpha value is -1.44. The van der Waals surface area contributed by atoms with Gasteiger partial charge in [0.25, 0.3) is 0 Å². The first-order chi connectivity index (χ1) is 13.9. The van der Waals surface area contributed by atoms with Gasteiger partial charge in [0.2, 0.25) is 0 Å². The minimum absolute atomic E-state index is 0.0877. The molecule has 0 aromatic heterocycles. The van der Waals surface area contributed by atoms with Gasteiger partial charge in [-0.2, -0.15) is 0 Å². The maximum absolute atomic E-state index is 12.9. The van der Waals surface area contributed by atoms with E-state index in [2.05, 4.69) is 6.58 Å². The van der Waals surface area contributed by atoms with E-state index in [-0.39, 0.29) is 31.2 Å². The van der Waals surface area contributed by atoms with Gasteiger partial charge in [0.1, 0.15) is 12.2 Å². The first kappa shape index (κ1) is 21.8. The second kappa shape index (κ2) is 7.61. The van der Waals surface area contributed by atoms with Crippen LogP contribution in [0.2, 0.25) is 0 Å². The third-order valence-electron chi connectivity index (χ3n) is 6.88. The summed E-state index contributed by atoms with van der Waals surface area (Å²) in [5, 5.41) is 10.9. The first-order valence-electron chi connectivity index (χ1n) is 11.1. The molecule has 30 heavy (non-hydrogen) atoms. The summed E-state index contributed by atoms with van der Waals surface area (Å²) in [5.41, 5.74) is -0.856. The van der Waals surface area contributed by atoms with E-state index in [1.807, 2.05) is 0 Å². The van der Waals surface area contributed by atoms with Crippen LogP contribution in [0.4, 0.5) is 0 Å². The van der Waals surface area contributed by atoms with Gasteiger partial charge in [0.05, 0.1) is 24.2 Å². The SMILES string of the molecule is C=C(C)C(=O)OCC1CC(CC(=O)OC23CC4CC(CC(O)(C4)C2)C3)OC(C)(C)O1. The van der Waals surface area contributed by atoms with E-state index in [0.29, 0.717) is 30.3 Å². The average molecular weight is 423 g/mol. The predicted octanol–water partition coefficient (Wildman–Crippen LogP) is 3.03. The van der Waals surface area contributed by atoms with Crippen molar-refractivity contribution < 1.29 is 33.6 Å². The zero-order chi connectivity index (χ0) is 21.7. The number of hydrogen-bond donors (Lipinski definition) is 1. The largest absolute Gasteiger partial charge is 0.460 e. The summed E-state index contributed by atoms with van der Waals surface area (Å²) in [4.78, 5) is 24.5. The molecule has 0 amide bonds. The maximum atomic E-state index is 12.9. The van der Waals surface area contributed by atoms with Crippen molar-refractivity contribution in [2.45, 2.75) is 101 Å². The van der Waals surface area contributed by atoms with Crippen molar-refractivity contribution in [1.82, 2.24) is 0 Å². The van der Waals surface area contributed by atoms with Crippen LogP contribution in [0.3, 0.4) is 0 Å². The molecule has 1 saturated heterocycles. The molecule has 4 atom stereocenters. The van der Waals surface area contributed by atoms with Crippen LogP contribution in [0.1, 0.15) is 72.1 Å². The van der Waals surface area contributed by atoms with Gasteiger partial charge in [0.15, 0.2) is 5.79 Å². The van der Waals surface area contributed by atoms with E-state index < -0.39 is 23.0 Å². The molecule has 0 radical (unpaired) electrons. The van der Waals surface area contributed by atoms with Gasteiger partial charge in [-0.1, -0.05) is 6.58 Å². The molecular formula is C23H34O7. The van der Waals surface area contributed by atoms with Crippen LogP contribution in [0, 0.1) is 11.8 Å². The normalized spacial score (nSPS) is 41.3. The van der Waals surface area contributed by atoms with Crippen LogP contribution in [0.25, 0.3) is 0 Å². The Bertz CT molecular complexity index is 713. The molecule has 7 heteroatoms. The molecule has 4 saturated carbocycles. The molecule has 0 aromatic rings. The van der Waals surface area contributed by atoms with Gasteiger partial charge >= 0.3 is 11.9 Å². The Labute approximate surface area is 178 Å². The smallest absolute Gasteiger partial charge is 0.333 e. The molecular weight excluding hydrogens is 388 g/mol. The summed E-state index contributed by atoms with van der Waals surface area (Å²) in [6.45, 7) is 8.83. The highest BCUT2D eigenvalue weighted by atomic mass is 16.7.